The van der Waals surface area contributed by atoms with E-state index in [1.54, 1.807) is 15.6 Å². The van der Waals surface area contributed by atoms with Gasteiger partial charge in [-0.1, -0.05) is 20.8 Å². The Morgan fingerprint density at radius 1 is 1.48 bits per heavy atom. The number of aryl methyl sites for hydroxylation is 1. The van der Waals surface area contributed by atoms with Crippen LogP contribution in [0.15, 0.2) is 11.0 Å². The van der Waals surface area contributed by atoms with Crippen LogP contribution in [-0.2, 0) is 16.6 Å². The lowest BCUT2D eigenvalue weighted by molar-refractivity contribution is 0.315. The van der Waals surface area contributed by atoms with Gasteiger partial charge in [-0.25, -0.2) is 8.42 Å². The molecule has 0 saturated carbocycles. The topological polar surface area (TPSA) is 49.4 Å². The average molecular weight is 331 g/mol. The number of hydrogen-bond acceptors (Lipinski definition) is 4. The number of thiophene rings is 1. The van der Waals surface area contributed by atoms with Crippen molar-refractivity contribution in [3.63, 3.8) is 0 Å². The van der Waals surface area contributed by atoms with Gasteiger partial charge in [-0.15, -0.1) is 11.3 Å². The van der Waals surface area contributed by atoms with Gasteiger partial charge in [0.25, 0.3) is 0 Å². The molecule has 0 amide bonds. The van der Waals surface area contributed by atoms with Crippen LogP contribution in [0.1, 0.15) is 43.4 Å². The molecular formula is C15H26N2O2S2. The highest BCUT2D eigenvalue weighted by molar-refractivity contribution is 7.89. The quantitative estimate of drug-likeness (QED) is 0.872. The lowest BCUT2D eigenvalue weighted by atomic mass is 10.0. The largest absolute Gasteiger partial charge is 0.312 e. The number of nitrogens with one attached hydrogen (secondary N) is 1. The van der Waals surface area contributed by atoms with E-state index in [-0.39, 0.29) is 6.04 Å². The van der Waals surface area contributed by atoms with Crippen LogP contribution >= 0.6 is 11.3 Å². The molecule has 1 aliphatic rings. The summed E-state index contributed by atoms with van der Waals surface area (Å²) in [5.74, 6) is 0.363. The van der Waals surface area contributed by atoms with Gasteiger partial charge < -0.3 is 5.32 Å². The third kappa shape index (κ3) is 3.50. The molecule has 4 nitrogen and oxygen atoms in total. The highest BCUT2D eigenvalue weighted by Crippen LogP contribution is 2.34. The van der Waals surface area contributed by atoms with Crippen LogP contribution < -0.4 is 5.32 Å². The lowest BCUT2D eigenvalue weighted by Crippen LogP contribution is -2.38. The minimum Gasteiger partial charge on any atom is -0.312 e. The van der Waals surface area contributed by atoms with E-state index >= 15 is 0 Å². The molecule has 0 radical (unpaired) electrons. The summed E-state index contributed by atoms with van der Waals surface area (Å²) in [5, 5.41) is 3.26. The predicted molar refractivity (Wildman–Crippen MR) is 88.2 cm³/mol. The Kier molecular flexibility index (Phi) is 5.46. The molecule has 1 N–H and O–H groups in total. The van der Waals surface area contributed by atoms with Crippen molar-refractivity contribution in [2.75, 3.05) is 13.1 Å². The van der Waals surface area contributed by atoms with Gasteiger partial charge in [-0.2, -0.15) is 4.31 Å². The molecule has 2 heterocycles. The summed E-state index contributed by atoms with van der Waals surface area (Å²) in [6.45, 7) is 10.5. The van der Waals surface area contributed by atoms with Gasteiger partial charge in [0, 0.05) is 28.9 Å². The molecule has 1 aromatic rings. The molecule has 1 fully saturated rings. The molecule has 0 aliphatic carbocycles. The van der Waals surface area contributed by atoms with Crippen LogP contribution in [0.5, 0.6) is 0 Å². The number of nitrogens with zero attached hydrogens (tertiary/aromatic N) is 1. The molecule has 1 aliphatic heterocycles. The molecule has 21 heavy (non-hydrogen) atoms. The minimum atomic E-state index is -3.35. The van der Waals surface area contributed by atoms with Crippen molar-refractivity contribution in [2.24, 2.45) is 5.92 Å². The third-order valence-corrected chi connectivity index (χ3v) is 7.31. The summed E-state index contributed by atoms with van der Waals surface area (Å²) < 4.78 is 27.7. The molecule has 0 bridgehead atoms. The number of rotatable bonds is 6. The highest BCUT2D eigenvalue weighted by atomic mass is 32.2. The first kappa shape index (κ1) is 16.9. The van der Waals surface area contributed by atoms with E-state index in [1.807, 2.05) is 13.0 Å². The Morgan fingerprint density at radius 3 is 2.81 bits per heavy atom. The summed E-state index contributed by atoms with van der Waals surface area (Å²) in [6, 6.07) is 2.00. The zero-order chi connectivity index (χ0) is 15.6. The Bertz CT molecular complexity index is 578. The minimum absolute atomic E-state index is 0.145. The zero-order valence-electron chi connectivity index (χ0n) is 13.3. The van der Waals surface area contributed by atoms with E-state index in [0.29, 0.717) is 17.4 Å². The van der Waals surface area contributed by atoms with Crippen LogP contribution in [0.3, 0.4) is 0 Å². The fraction of sp³-hybridized carbons (Fsp3) is 0.733. The zero-order valence-corrected chi connectivity index (χ0v) is 15.0. The summed E-state index contributed by atoms with van der Waals surface area (Å²) in [4.78, 5) is 2.50. The van der Waals surface area contributed by atoms with Crippen LogP contribution in [0, 0.1) is 12.8 Å². The molecule has 1 saturated heterocycles. The van der Waals surface area contributed by atoms with E-state index in [2.05, 4.69) is 26.1 Å². The number of hydrogen-bond donors (Lipinski definition) is 1. The third-order valence-electron chi connectivity index (χ3n) is 4.08. The van der Waals surface area contributed by atoms with Gasteiger partial charge in [-0.3, -0.25) is 0 Å². The van der Waals surface area contributed by atoms with Gasteiger partial charge in [0.2, 0.25) is 10.0 Å². The molecule has 1 aromatic heterocycles. The molecule has 0 aromatic carbocycles. The van der Waals surface area contributed by atoms with Crippen LogP contribution in [0.4, 0.5) is 0 Å². The van der Waals surface area contributed by atoms with Crippen LogP contribution in [0.2, 0.25) is 0 Å². The standard InChI is InChI=1S/C15H26N2O2S2/c1-5-16-10-13-9-15(12(4)20-13)21(18,19)17-8-6-7-14(17)11(2)3/h9,11,14,16H,5-8,10H2,1-4H3. The summed E-state index contributed by atoms with van der Waals surface area (Å²) >= 11 is 1.58. The average Bonchev–Trinajstić information content (AvgIpc) is 3.03. The molecule has 1 atom stereocenters. The van der Waals surface area contributed by atoms with Crippen molar-refractivity contribution in [1.29, 1.82) is 0 Å². The Hall–Kier alpha value is -0.430. The van der Waals surface area contributed by atoms with E-state index in [4.69, 9.17) is 0 Å². The Labute approximate surface area is 132 Å². The van der Waals surface area contributed by atoms with Gasteiger partial charge in [0.05, 0.1) is 4.90 Å². The van der Waals surface area contributed by atoms with E-state index in [0.717, 1.165) is 35.7 Å². The van der Waals surface area contributed by atoms with Crippen LogP contribution in [0.25, 0.3) is 0 Å². The second-order valence-electron chi connectivity index (χ2n) is 5.98. The summed E-state index contributed by atoms with van der Waals surface area (Å²) in [7, 11) is -3.35. The maximum atomic E-state index is 13.0. The van der Waals surface area contributed by atoms with Crippen molar-refractivity contribution in [3.8, 4) is 0 Å². The van der Waals surface area contributed by atoms with Gasteiger partial charge in [0.1, 0.15) is 0 Å². The number of sulfonamides is 1. The molecule has 6 heteroatoms. The highest BCUT2D eigenvalue weighted by Gasteiger charge is 2.37. The van der Waals surface area contributed by atoms with Crippen LogP contribution in [-0.4, -0.2) is 31.9 Å². The normalized spacial score (nSPS) is 20.5. The first-order valence-corrected chi connectivity index (χ1v) is 9.95. The first-order chi connectivity index (χ1) is 9.87. The summed E-state index contributed by atoms with van der Waals surface area (Å²) in [5.41, 5.74) is 0. The molecule has 1 unspecified atom stereocenters. The van der Waals surface area contributed by atoms with Gasteiger partial charge >= 0.3 is 0 Å². The monoisotopic (exact) mass is 330 g/mol. The van der Waals surface area contributed by atoms with Crippen molar-refractivity contribution in [1.82, 2.24) is 9.62 Å². The van der Waals surface area contributed by atoms with Crippen molar-refractivity contribution < 1.29 is 8.42 Å². The smallest absolute Gasteiger partial charge is 0.244 e. The second kappa shape index (κ2) is 6.77. The van der Waals surface area contributed by atoms with Crippen molar-refractivity contribution in [2.45, 2.75) is 58.0 Å². The lowest BCUT2D eigenvalue weighted by Gasteiger charge is -2.26. The predicted octanol–water partition coefficient (Wildman–Crippen LogP) is 2.98. The fourth-order valence-corrected chi connectivity index (χ4v) is 6.37. The molecule has 2 rings (SSSR count). The van der Waals surface area contributed by atoms with Gasteiger partial charge in [0.15, 0.2) is 0 Å². The summed E-state index contributed by atoms with van der Waals surface area (Å²) in [6.07, 6.45) is 1.94. The van der Waals surface area contributed by atoms with E-state index < -0.39 is 10.0 Å². The molecule has 120 valence electrons. The SMILES string of the molecule is CCNCc1cc(S(=O)(=O)N2CCCC2C(C)C)c(C)s1. The molecular weight excluding hydrogens is 304 g/mol. The fourth-order valence-electron chi connectivity index (χ4n) is 2.97. The van der Waals surface area contributed by atoms with Crippen molar-refractivity contribution >= 4 is 21.4 Å². The van der Waals surface area contributed by atoms with E-state index in [1.165, 1.54) is 0 Å². The maximum Gasteiger partial charge on any atom is 0.244 e. The maximum absolute atomic E-state index is 13.0. The first-order valence-electron chi connectivity index (χ1n) is 7.69. The van der Waals surface area contributed by atoms with Crippen molar-refractivity contribution in [3.05, 3.63) is 15.8 Å². The molecule has 0 spiro atoms. The Morgan fingerprint density at radius 2 is 2.19 bits per heavy atom. The van der Waals surface area contributed by atoms with Gasteiger partial charge in [-0.05, 0) is 38.3 Å². The van der Waals surface area contributed by atoms with E-state index in [9.17, 15) is 8.42 Å². The second-order valence-corrected chi connectivity index (χ2v) is 9.18. The Balaban J connectivity index is 2.29.